The van der Waals surface area contributed by atoms with Crippen LogP contribution in [-0.4, -0.2) is 49.1 Å². The van der Waals surface area contributed by atoms with E-state index in [1.165, 1.54) is 4.68 Å². The van der Waals surface area contributed by atoms with Gasteiger partial charge in [-0.3, -0.25) is 14.7 Å². The minimum Gasteiger partial charge on any atom is -0.295 e. The summed E-state index contributed by atoms with van der Waals surface area (Å²) in [5.41, 5.74) is 1.87. The molecule has 2 rings (SSSR count). The molecule has 17 heavy (non-hydrogen) atoms. The van der Waals surface area contributed by atoms with Gasteiger partial charge < -0.3 is 0 Å². The minimum absolute atomic E-state index is 0. The maximum Gasteiger partial charge on any atom is 0.454 e. The fourth-order valence-corrected chi connectivity index (χ4v) is 1.72. The Bertz CT molecular complexity index is 584. The van der Waals surface area contributed by atoms with Crippen molar-refractivity contribution in [2.75, 3.05) is 0 Å². The fourth-order valence-electron chi connectivity index (χ4n) is 1.72. The molecule has 4 nitrogen and oxygen atoms in total. The van der Waals surface area contributed by atoms with E-state index in [0.29, 0.717) is 11.1 Å². The first-order chi connectivity index (χ1) is 7.61. The third-order valence-corrected chi connectivity index (χ3v) is 2.54. The molecule has 86 valence electrons. The summed E-state index contributed by atoms with van der Waals surface area (Å²) in [6.07, 6.45) is 0. The van der Waals surface area contributed by atoms with Crippen LogP contribution < -0.4 is 5.56 Å². The van der Waals surface area contributed by atoms with Gasteiger partial charge in [-0.05, 0) is 19.1 Å². The quantitative estimate of drug-likeness (QED) is 0.463. The van der Waals surface area contributed by atoms with Crippen molar-refractivity contribution in [3.05, 3.63) is 52.7 Å². The predicted octanol–water partition coefficient (Wildman–Crippen LogP) is 0.227. The zero-order valence-corrected chi connectivity index (χ0v) is 12.6. The molecule has 0 aliphatic carbocycles. The van der Waals surface area contributed by atoms with E-state index in [0.717, 1.165) is 5.69 Å². The normalized spacial score (nSPS) is 9.76. The number of hydrogen-bond donors (Lipinski definition) is 1. The number of benzene rings is 1. The number of ketones is 1. The summed E-state index contributed by atoms with van der Waals surface area (Å²) in [5, 5.41) is 2.91. The van der Waals surface area contributed by atoms with Crippen molar-refractivity contribution in [2.24, 2.45) is 7.05 Å². The SMILES string of the molecule is Cc1[nH]n(C)c(=[OH+])c1C(=[OH+])c1ccccc1.[Sn]. The molecule has 0 amide bonds. The summed E-state index contributed by atoms with van der Waals surface area (Å²) in [7, 11) is 1.68. The molecule has 2 aromatic rings. The second-order valence-electron chi connectivity index (χ2n) is 3.71. The van der Waals surface area contributed by atoms with Crippen molar-refractivity contribution in [1.82, 2.24) is 9.78 Å². The van der Waals surface area contributed by atoms with Crippen LogP contribution in [-0.2, 0) is 7.05 Å². The van der Waals surface area contributed by atoms with Crippen LogP contribution in [0.4, 0.5) is 0 Å². The average molecular weight is 337 g/mol. The molecule has 1 aromatic heterocycles. The monoisotopic (exact) mass is 338 g/mol. The second kappa shape index (κ2) is 5.35. The Balaban J connectivity index is 0.00000144. The smallest absolute Gasteiger partial charge is 0.295 e. The maximum absolute atomic E-state index is 10.1. The fraction of sp³-hybridized carbons (Fsp3) is 0.167. The number of nitrogens with zero attached hydrogens (tertiary/aromatic N) is 1. The Hall–Kier alpha value is -1.30. The van der Waals surface area contributed by atoms with Crippen LogP contribution in [0.2, 0.25) is 0 Å². The van der Waals surface area contributed by atoms with E-state index in [9.17, 15) is 9.59 Å². The summed E-state index contributed by atoms with van der Waals surface area (Å²) in [6, 6.07) is 9.14. The third kappa shape index (κ3) is 2.52. The van der Waals surface area contributed by atoms with Gasteiger partial charge >= 0.3 is 11.3 Å². The Kier molecular flexibility index (Phi) is 4.33. The van der Waals surface area contributed by atoms with Crippen LogP contribution in [0.5, 0.6) is 0 Å². The summed E-state index contributed by atoms with van der Waals surface area (Å²) in [6.45, 7) is 1.80. The molecule has 0 spiro atoms. The van der Waals surface area contributed by atoms with Gasteiger partial charge in [-0.1, -0.05) is 18.2 Å². The van der Waals surface area contributed by atoms with Gasteiger partial charge in [-0.25, -0.2) is 4.68 Å². The summed E-state index contributed by atoms with van der Waals surface area (Å²) in [5.74, 6) is 0.0763. The molecule has 5 heteroatoms. The number of hydrogen-bond acceptors (Lipinski definition) is 0. The number of carbonyl (C=O) groups excluding carboxylic acids is 1. The molecular formula is C12H14N2O2Sn+2. The number of aromatic amines is 1. The number of aryl methyl sites for hydroxylation is 2. The molecule has 0 fully saturated rings. The van der Waals surface area contributed by atoms with Crippen LogP contribution in [0.1, 0.15) is 16.8 Å². The van der Waals surface area contributed by atoms with Crippen LogP contribution in [0.25, 0.3) is 0 Å². The standard InChI is InChI=1S/C12H12N2O2.Sn/c1-8-10(12(16)14(2)13-8)11(15)9-6-4-3-5-7-9;/h3-7,13H,1-2H3;/p+2. The zero-order chi connectivity index (χ0) is 11.7. The van der Waals surface area contributed by atoms with E-state index in [4.69, 9.17) is 0 Å². The van der Waals surface area contributed by atoms with E-state index in [2.05, 4.69) is 5.10 Å². The molecule has 0 saturated heterocycles. The van der Waals surface area contributed by atoms with Crippen molar-refractivity contribution in [1.29, 1.82) is 0 Å². The second-order valence-corrected chi connectivity index (χ2v) is 3.71. The zero-order valence-electron chi connectivity index (χ0n) is 9.73. The van der Waals surface area contributed by atoms with Gasteiger partial charge in [0.05, 0.1) is 11.3 Å². The van der Waals surface area contributed by atoms with Gasteiger partial charge in [-0.15, -0.1) is 0 Å². The predicted molar refractivity (Wildman–Crippen MR) is 66.9 cm³/mol. The van der Waals surface area contributed by atoms with Gasteiger partial charge in [0, 0.05) is 31.0 Å². The summed E-state index contributed by atoms with van der Waals surface area (Å²) < 4.78 is 1.46. The van der Waals surface area contributed by atoms with Gasteiger partial charge in [0.15, 0.2) is 0 Å². The molecule has 4 radical (unpaired) electrons. The van der Waals surface area contributed by atoms with Gasteiger partial charge in [-0.2, -0.15) is 0 Å². The number of H-pyrrole nitrogens is 1. The Morgan fingerprint density at radius 1 is 1.24 bits per heavy atom. The molecule has 1 heterocycles. The molecule has 0 atom stereocenters. The summed E-state index contributed by atoms with van der Waals surface area (Å²) in [4.78, 5) is 19.9. The molecule has 0 unspecified atom stereocenters. The first kappa shape index (κ1) is 13.8. The molecule has 0 aliphatic rings. The molecule has 3 N–H and O–H groups in total. The Morgan fingerprint density at radius 3 is 2.29 bits per heavy atom. The van der Waals surface area contributed by atoms with Crippen LogP contribution in [0.3, 0.4) is 0 Å². The van der Waals surface area contributed by atoms with Gasteiger partial charge in [0.25, 0.3) is 0 Å². The van der Waals surface area contributed by atoms with E-state index in [1.54, 1.807) is 26.1 Å². The van der Waals surface area contributed by atoms with E-state index in [1.807, 2.05) is 18.2 Å². The molecule has 0 aliphatic heterocycles. The molecular weight excluding hydrogens is 323 g/mol. The Labute approximate surface area is 116 Å². The molecule has 0 saturated carbocycles. The van der Waals surface area contributed by atoms with Crippen LogP contribution in [0, 0.1) is 6.92 Å². The number of aromatic nitrogens is 2. The Morgan fingerprint density at radius 2 is 1.82 bits per heavy atom. The van der Waals surface area contributed by atoms with Crippen molar-refractivity contribution >= 4 is 29.7 Å². The van der Waals surface area contributed by atoms with Crippen LogP contribution in [0.15, 0.2) is 30.3 Å². The molecule has 1 aromatic carbocycles. The van der Waals surface area contributed by atoms with Crippen molar-refractivity contribution in [3.8, 4) is 0 Å². The minimum atomic E-state index is 0. The first-order valence-corrected chi connectivity index (χ1v) is 5.00. The summed E-state index contributed by atoms with van der Waals surface area (Å²) >= 11 is 0. The topological polar surface area (TPSA) is 63.5 Å². The van der Waals surface area contributed by atoms with Crippen molar-refractivity contribution in [2.45, 2.75) is 6.92 Å². The van der Waals surface area contributed by atoms with Crippen molar-refractivity contribution in [3.63, 3.8) is 0 Å². The van der Waals surface area contributed by atoms with Gasteiger partial charge in [0.2, 0.25) is 5.56 Å². The van der Waals surface area contributed by atoms with E-state index >= 15 is 0 Å². The van der Waals surface area contributed by atoms with E-state index < -0.39 is 0 Å². The largest absolute Gasteiger partial charge is 0.454 e. The number of nitrogens with one attached hydrogen (secondary N) is 1. The van der Waals surface area contributed by atoms with Gasteiger partial charge in [0.1, 0.15) is 0 Å². The third-order valence-electron chi connectivity index (χ3n) is 2.54. The van der Waals surface area contributed by atoms with Crippen molar-refractivity contribution < 1.29 is 9.59 Å². The van der Waals surface area contributed by atoms with E-state index in [-0.39, 0.29) is 35.3 Å². The average Bonchev–Trinajstić information content (AvgIpc) is 2.54. The number of rotatable bonds is 2. The maximum atomic E-state index is 10.1. The molecule has 0 bridgehead atoms. The van der Waals surface area contributed by atoms with Crippen LogP contribution >= 0.6 is 0 Å². The first-order valence-electron chi connectivity index (χ1n) is 5.00.